The molecule has 3 aliphatic rings. The molecular weight excluding hydrogens is 344 g/mol. The molecule has 7 heteroatoms. The number of ether oxygens (including phenoxy) is 1. The molecule has 144 valence electrons. The third-order valence-corrected chi connectivity index (χ3v) is 5.82. The smallest absolute Gasteiger partial charge is 0.228 e. The second-order valence-corrected chi connectivity index (χ2v) is 7.56. The van der Waals surface area contributed by atoms with Crippen LogP contribution in [0.15, 0.2) is 24.5 Å². The van der Waals surface area contributed by atoms with Crippen LogP contribution in [0.3, 0.4) is 0 Å². The summed E-state index contributed by atoms with van der Waals surface area (Å²) in [4.78, 5) is 34.0. The van der Waals surface area contributed by atoms with E-state index in [1.54, 1.807) is 13.3 Å². The first kappa shape index (κ1) is 18.0. The zero-order chi connectivity index (χ0) is 19.0. The Morgan fingerprint density at radius 1 is 1.33 bits per heavy atom. The number of rotatable bonds is 5. The van der Waals surface area contributed by atoms with Crippen LogP contribution in [0.5, 0.6) is 0 Å². The van der Waals surface area contributed by atoms with Gasteiger partial charge in [0.15, 0.2) is 0 Å². The molecule has 0 aromatic carbocycles. The van der Waals surface area contributed by atoms with E-state index in [2.05, 4.69) is 4.98 Å². The van der Waals surface area contributed by atoms with Crippen molar-refractivity contribution in [2.45, 2.75) is 32.2 Å². The molecule has 0 radical (unpaired) electrons. The fourth-order valence-electron chi connectivity index (χ4n) is 4.33. The number of nitrogens with zero attached hydrogens (tertiary/aromatic N) is 4. The molecule has 27 heavy (non-hydrogen) atoms. The van der Waals surface area contributed by atoms with Gasteiger partial charge in [0.05, 0.1) is 24.6 Å². The van der Waals surface area contributed by atoms with E-state index in [-0.39, 0.29) is 23.8 Å². The van der Waals surface area contributed by atoms with Crippen molar-refractivity contribution < 1.29 is 14.3 Å². The number of imidazole rings is 1. The third-order valence-electron chi connectivity index (χ3n) is 5.82. The molecule has 5 heterocycles. The van der Waals surface area contributed by atoms with E-state index in [9.17, 15) is 9.59 Å². The number of amides is 2. The van der Waals surface area contributed by atoms with Crippen molar-refractivity contribution in [2.24, 2.45) is 5.92 Å². The van der Waals surface area contributed by atoms with Gasteiger partial charge in [-0.05, 0) is 31.4 Å². The number of fused-ring (bicyclic) bond motifs is 5. The number of methoxy groups -OCH3 is 1. The van der Waals surface area contributed by atoms with Crippen LogP contribution in [-0.2, 0) is 20.7 Å². The van der Waals surface area contributed by atoms with Crippen LogP contribution in [0.2, 0.25) is 0 Å². The number of aromatic nitrogens is 2. The Labute approximate surface area is 158 Å². The van der Waals surface area contributed by atoms with Gasteiger partial charge >= 0.3 is 0 Å². The average Bonchev–Trinajstić information content (AvgIpc) is 2.87. The zero-order valence-electron chi connectivity index (χ0n) is 15.9. The maximum absolute atomic E-state index is 13.0. The normalized spacial score (nSPS) is 22.5. The number of hydrogen-bond donors (Lipinski definition) is 0. The molecule has 0 N–H and O–H groups in total. The van der Waals surface area contributed by atoms with Crippen LogP contribution in [0.1, 0.15) is 24.1 Å². The van der Waals surface area contributed by atoms with Crippen molar-refractivity contribution in [1.29, 1.82) is 0 Å². The molecule has 2 aromatic rings. The molecule has 5 rings (SSSR count). The molecule has 0 spiro atoms. The van der Waals surface area contributed by atoms with Crippen molar-refractivity contribution in [2.75, 3.05) is 33.4 Å². The highest BCUT2D eigenvalue weighted by molar-refractivity contribution is 5.84. The minimum atomic E-state index is -0.0889. The van der Waals surface area contributed by atoms with Gasteiger partial charge in [0.2, 0.25) is 11.8 Å². The number of aryl methyl sites for hydroxylation is 1. The number of hydrogen-bond acceptors (Lipinski definition) is 4. The van der Waals surface area contributed by atoms with Gasteiger partial charge in [0, 0.05) is 45.2 Å². The Bertz CT molecular complexity index is 862. The quantitative estimate of drug-likeness (QED) is 0.795. The molecule has 0 saturated carbocycles. The number of pyridine rings is 1. The first-order chi connectivity index (χ1) is 13.1. The minimum absolute atomic E-state index is 0.0663. The van der Waals surface area contributed by atoms with Crippen molar-refractivity contribution >= 4 is 17.5 Å². The SMILES string of the molecule is COCCN1C(=O)[C@@H]2CC[C@H]1CN(C(=O)Cc1cnc3c(C)cccn13)C2. The summed E-state index contributed by atoms with van der Waals surface area (Å²) < 4.78 is 7.13. The van der Waals surface area contributed by atoms with Crippen LogP contribution in [-0.4, -0.2) is 70.4 Å². The largest absolute Gasteiger partial charge is 0.383 e. The van der Waals surface area contributed by atoms with Crippen LogP contribution in [0.4, 0.5) is 0 Å². The standard InChI is InChI=1S/C20H26N4O3/c1-14-4-3-7-23-17(11-21-19(14)23)10-18(25)22-12-15-5-6-16(13-22)24(20(15)26)8-9-27-2/h3-4,7,11,15-16H,5-6,8-10,12-13H2,1-2H3/t15-,16+/m1/s1. The Hall–Kier alpha value is -2.41. The van der Waals surface area contributed by atoms with Crippen LogP contribution < -0.4 is 0 Å². The fraction of sp³-hybridized carbons (Fsp3) is 0.550. The van der Waals surface area contributed by atoms with Crippen LogP contribution >= 0.6 is 0 Å². The number of carbonyl (C=O) groups is 2. The lowest BCUT2D eigenvalue weighted by atomic mass is 9.94. The van der Waals surface area contributed by atoms with E-state index in [1.807, 2.05) is 39.5 Å². The molecule has 3 aliphatic heterocycles. The van der Waals surface area contributed by atoms with Crippen LogP contribution in [0, 0.1) is 12.8 Å². The van der Waals surface area contributed by atoms with Gasteiger partial charge in [-0.25, -0.2) is 4.98 Å². The predicted molar refractivity (Wildman–Crippen MR) is 100 cm³/mol. The van der Waals surface area contributed by atoms with Gasteiger partial charge in [0.25, 0.3) is 0 Å². The lowest BCUT2D eigenvalue weighted by Gasteiger charge is -2.35. The summed E-state index contributed by atoms with van der Waals surface area (Å²) in [7, 11) is 1.65. The van der Waals surface area contributed by atoms with E-state index in [0.29, 0.717) is 32.7 Å². The summed E-state index contributed by atoms with van der Waals surface area (Å²) in [5.74, 6) is 0.148. The Morgan fingerprint density at radius 3 is 3.00 bits per heavy atom. The molecule has 3 fully saturated rings. The van der Waals surface area contributed by atoms with E-state index in [1.165, 1.54) is 0 Å². The second kappa shape index (κ2) is 7.31. The van der Waals surface area contributed by atoms with Crippen molar-refractivity contribution in [3.63, 3.8) is 0 Å². The summed E-state index contributed by atoms with van der Waals surface area (Å²) in [6.45, 7) is 4.28. The van der Waals surface area contributed by atoms with Gasteiger partial charge < -0.3 is 18.9 Å². The van der Waals surface area contributed by atoms with E-state index >= 15 is 0 Å². The molecule has 0 unspecified atom stereocenters. The topological polar surface area (TPSA) is 67.2 Å². The lowest BCUT2D eigenvalue weighted by molar-refractivity contribution is -0.140. The molecular formula is C20H26N4O3. The molecule has 2 amide bonds. The Morgan fingerprint density at radius 2 is 2.19 bits per heavy atom. The van der Waals surface area contributed by atoms with Crippen LogP contribution in [0.25, 0.3) is 5.65 Å². The molecule has 2 bridgehead atoms. The van der Waals surface area contributed by atoms with Gasteiger partial charge in [-0.1, -0.05) is 6.07 Å². The van der Waals surface area contributed by atoms with E-state index < -0.39 is 0 Å². The average molecular weight is 370 g/mol. The van der Waals surface area contributed by atoms with Gasteiger partial charge in [-0.2, -0.15) is 0 Å². The monoisotopic (exact) mass is 370 g/mol. The summed E-state index contributed by atoms with van der Waals surface area (Å²) in [6.07, 6.45) is 5.85. The lowest BCUT2D eigenvalue weighted by Crippen LogP contribution is -2.49. The number of piperidine rings is 1. The van der Waals surface area contributed by atoms with E-state index in [4.69, 9.17) is 4.74 Å². The molecule has 2 atom stereocenters. The second-order valence-electron chi connectivity index (χ2n) is 7.56. The third kappa shape index (κ3) is 3.32. The Kier molecular flexibility index (Phi) is 4.86. The number of carbonyl (C=O) groups excluding carboxylic acids is 2. The van der Waals surface area contributed by atoms with Gasteiger partial charge in [0.1, 0.15) is 5.65 Å². The zero-order valence-corrected chi connectivity index (χ0v) is 15.9. The highest BCUT2D eigenvalue weighted by atomic mass is 16.5. The minimum Gasteiger partial charge on any atom is -0.383 e. The predicted octanol–water partition coefficient (Wildman–Crippen LogP) is 1.28. The summed E-state index contributed by atoms with van der Waals surface area (Å²) >= 11 is 0. The van der Waals surface area contributed by atoms with Gasteiger partial charge in [-0.3, -0.25) is 9.59 Å². The maximum atomic E-state index is 13.0. The van der Waals surface area contributed by atoms with Crippen molar-refractivity contribution in [1.82, 2.24) is 19.2 Å². The van der Waals surface area contributed by atoms with Crippen molar-refractivity contribution in [3.05, 3.63) is 35.8 Å². The maximum Gasteiger partial charge on any atom is 0.228 e. The fourth-order valence-corrected chi connectivity index (χ4v) is 4.33. The molecule has 2 aromatic heterocycles. The molecule has 3 saturated heterocycles. The highest BCUT2D eigenvalue weighted by Crippen LogP contribution is 2.29. The first-order valence-electron chi connectivity index (χ1n) is 9.57. The van der Waals surface area contributed by atoms with E-state index in [0.717, 1.165) is 29.7 Å². The summed E-state index contributed by atoms with van der Waals surface area (Å²) in [5, 5.41) is 0. The van der Waals surface area contributed by atoms with Gasteiger partial charge in [-0.15, -0.1) is 0 Å². The first-order valence-corrected chi connectivity index (χ1v) is 9.57. The molecule has 0 aliphatic carbocycles. The summed E-state index contributed by atoms with van der Waals surface area (Å²) in [5.41, 5.74) is 2.86. The molecule has 7 nitrogen and oxygen atoms in total. The Balaban J connectivity index is 1.51. The highest BCUT2D eigenvalue weighted by Gasteiger charge is 2.41. The summed E-state index contributed by atoms with van der Waals surface area (Å²) in [6, 6.07) is 4.08. The van der Waals surface area contributed by atoms with Crippen molar-refractivity contribution in [3.8, 4) is 0 Å².